The van der Waals surface area contributed by atoms with Gasteiger partial charge in [-0.15, -0.1) is 0 Å². The Morgan fingerprint density at radius 1 is 0.926 bits per heavy atom. The predicted octanol–water partition coefficient (Wildman–Crippen LogP) is 4.37. The van der Waals surface area contributed by atoms with E-state index in [2.05, 4.69) is 17.0 Å². The first kappa shape index (κ1) is 16.7. The summed E-state index contributed by atoms with van der Waals surface area (Å²) < 4.78 is 0. The van der Waals surface area contributed by atoms with Gasteiger partial charge in [0.2, 0.25) is 0 Å². The van der Waals surface area contributed by atoms with Gasteiger partial charge in [-0.3, -0.25) is 14.9 Å². The lowest BCUT2D eigenvalue weighted by molar-refractivity contribution is -0.419. The zero-order valence-corrected chi connectivity index (χ0v) is 14.6. The number of fused-ring (bicyclic) bond motifs is 3. The van der Waals surface area contributed by atoms with E-state index in [-0.39, 0.29) is 11.5 Å². The maximum atomic E-state index is 12.1. The molecule has 1 aliphatic heterocycles. The quantitative estimate of drug-likeness (QED) is 0.455. The fourth-order valence-corrected chi connectivity index (χ4v) is 3.40. The van der Waals surface area contributed by atoms with Gasteiger partial charge in [0.1, 0.15) is 0 Å². The summed E-state index contributed by atoms with van der Waals surface area (Å²) in [6, 6.07) is 16.2. The maximum absolute atomic E-state index is 12.1. The van der Waals surface area contributed by atoms with Crippen molar-refractivity contribution in [2.24, 2.45) is 0 Å². The van der Waals surface area contributed by atoms with Crippen molar-refractivity contribution in [2.75, 3.05) is 11.9 Å². The normalized spacial score (nSPS) is 18.3. The molecule has 0 aromatic heterocycles. The van der Waals surface area contributed by atoms with Crippen LogP contribution in [-0.4, -0.2) is 17.8 Å². The third-order valence-corrected chi connectivity index (χ3v) is 4.74. The van der Waals surface area contributed by atoms with Gasteiger partial charge in [0, 0.05) is 47.3 Å². The van der Waals surface area contributed by atoms with Crippen molar-refractivity contribution >= 4 is 17.2 Å². The molecule has 0 bridgehead atoms. The maximum Gasteiger partial charge on any atom is 0.270 e. The van der Waals surface area contributed by atoms with Crippen LogP contribution in [0.1, 0.15) is 5.56 Å². The number of nitro groups is 1. The standard InChI is InChI=1S/C22H16N2O3/c1-23-20-9-5-4-8-18(20)17-6-2-3-7-19(17)21(23)12-10-15-14-16(24(26)27)11-13-22(15)25/h2-14H,1H3/b15-10+,21-12+. The highest BCUT2D eigenvalue weighted by Crippen LogP contribution is 2.43. The molecule has 5 heteroatoms. The van der Waals surface area contributed by atoms with Crippen molar-refractivity contribution in [3.8, 4) is 11.1 Å². The summed E-state index contributed by atoms with van der Waals surface area (Å²) in [6.07, 6.45) is 7.25. The monoisotopic (exact) mass is 356 g/mol. The third kappa shape index (κ3) is 2.89. The van der Waals surface area contributed by atoms with Crippen molar-refractivity contribution < 1.29 is 9.72 Å². The number of hydrogen-bond acceptors (Lipinski definition) is 4. The number of para-hydroxylation sites is 1. The molecule has 0 atom stereocenters. The zero-order chi connectivity index (χ0) is 19.0. The molecule has 0 unspecified atom stereocenters. The number of ketones is 1. The van der Waals surface area contributed by atoms with Crippen molar-refractivity contribution in [1.82, 2.24) is 0 Å². The molecule has 0 fully saturated rings. The van der Waals surface area contributed by atoms with Crippen molar-refractivity contribution in [2.45, 2.75) is 0 Å². The molecule has 0 radical (unpaired) electrons. The number of hydrogen-bond donors (Lipinski definition) is 0. The Balaban J connectivity index is 1.84. The molecule has 0 amide bonds. The summed E-state index contributed by atoms with van der Waals surface area (Å²) in [6.45, 7) is 0. The van der Waals surface area contributed by atoms with Crippen LogP contribution in [0.2, 0.25) is 0 Å². The van der Waals surface area contributed by atoms with E-state index >= 15 is 0 Å². The van der Waals surface area contributed by atoms with Crippen LogP contribution in [0.3, 0.4) is 0 Å². The van der Waals surface area contributed by atoms with Crippen LogP contribution in [-0.2, 0) is 4.79 Å². The molecule has 1 aliphatic carbocycles. The first-order valence-corrected chi connectivity index (χ1v) is 8.49. The van der Waals surface area contributed by atoms with Gasteiger partial charge in [-0.2, -0.15) is 0 Å². The number of rotatable bonds is 2. The third-order valence-electron chi connectivity index (χ3n) is 4.74. The second-order valence-corrected chi connectivity index (χ2v) is 6.32. The number of carbonyl (C=O) groups excluding carboxylic acids is 1. The van der Waals surface area contributed by atoms with Gasteiger partial charge in [-0.25, -0.2) is 0 Å². The number of allylic oxidation sites excluding steroid dienone is 6. The highest BCUT2D eigenvalue weighted by molar-refractivity contribution is 6.08. The van der Waals surface area contributed by atoms with Crippen LogP contribution in [0.25, 0.3) is 16.8 Å². The Kier molecular flexibility index (Phi) is 4.05. The van der Waals surface area contributed by atoms with Crippen LogP contribution in [0.15, 0.2) is 90.2 Å². The highest BCUT2D eigenvalue weighted by Gasteiger charge is 2.23. The summed E-state index contributed by atoms with van der Waals surface area (Å²) in [5.41, 5.74) is 5.50. The van der Waals surface area contributed by atoms with Gasteiger partial charge < -0.3 is 4.90 Å². The van der Waals surface area contributed by atoms with Crippen LogP contribution in [0.4, 0.5) is 5.69 Å². The van der Waals surface area contributed by atoms with E-state index in [9.17, 15) is 14.9 Å². The Bertz CT molecular complexity index is 1090. The Hall–Kier alpha value is -3.73. The number of benzene rings is 2. The smallest absolute Gasteiger partial charge is 0.270 e. The minimum absolute atomic E-state index is 0.0954. The molecule has 0 N–H and O–H groups in total. The van der Waals surface area contributed by atoms with Gasteiger partial charge in [-0.1, -0.05) is 42.5 Å². The van der Waals surface area contributed by atoms with E-state index in [1.54, 1.807) is 6.08 Å². The van der Waals surface area contributed by atoms with E-state index in [4.69, 9.17) is 0 Å². The van der Waals surface area contributed by atoms with Crippen LogP contribution in [0, 0.1) is 10.1 Å². The predicted molar refractivity (Wildman–Crippen MR) is 106 cm³/mol. The summed E-state index contributed by atoms with van der Waals surface area (Å²) in [4.78, 5) is 24.7. The molecule has 1 heterocycles. The zero-order valence-electron chi connectivity index (χ0n) is 14.6. The topological polar surface area (TPSA) is 63.4 Å². The number of anilines is 1. The van der Waals surface area contributed by atoms with Gasteiger partial charge in [-0.05, 0) is 29.9 Å². The molecule has 27 heavy (non-hydrogen) atoms. The molecule has 4 rings (SSSR count). The Labute approximate surface area is 156 Å². The fraction of sp³-hybridized carbons (Fsp3) is 0.0455. The van der Waals surface area contributed by atoms with E-state index in [0.717, 1.165) is 28.1 Å². The molecule has 2 aromatic carbocycles. The largest absolute Gasteiger partial charge is 0.344 e. The van der Waals surface area contributed by atoms with Crippen LogP contribution in [0.5, 0.6) is 0 Å². The van der Waals surface area contributed by atoms with E-state index < -0.39 is 4.92 Å². The average Bonchev–Trinajstić information content (AvgIpc) is 2.69. The lowest BCUT2D eigenvalue weighted by Crippen LogP contribution is -2.20. The molecular formula is C22H16N2O3. The van der Waals surface area contributed by atoms with E-state index in [0.29, 0.717) is 5.57 Å². The minimum atomic E-state index is -0.498. The molecule has 2 aliphatic rings. The van der Waals surface area contributed by atoms with Crippen molar-refractivity contribution in [1.29, 1.82) is 0 Å². The molecule has 0 spiro atoms. The number of nitrogens with zero attached hydrogens (tertiary/aromatic N) is 2. The van der Waals surface area contributed by atoms with E-state index in [1.807, 2.05) is 49.5 Å². The summed E-state index contributed by atoms with van der Waals surface area (Å²) in [7, 11) is 1.97. The molecule has 0 saturated heterocycles. The summed E-state index contributed by atoms with van der Waals surface area (Å²) in [5.74, 6) is -0.246. The fourth-order valence-electron chi connectivity index (χ4n) is 3.40. The van der Waals surface area contributed by atoms with Gasteiger partial charge >= 0.3 is 0 Å². The van der Waals surface area contributed by atoms with Crippen LogP contribution < -0.4 is 4.90 Å². The lowest BCUT2D eigenvalue weighted by atomic mass is 9.91. The lowest BCUT2D eigenvalue weighted by Gasteiger charge is -2.32. The molecule has 132 valence electrons. The minimum Gasteiger partial charge on any atom is -0.344 e. The molecule has 5 nitrogen and oxygen atoms in total. The highest BCUT2D eigenvalue weighted by atomic mass is 16.6. The summed E-state index contributed by atoms with van der Waals surface area (Å²) in [5, 5.41) is 11.0. The first-order chi connectivity index (χ1) is 13.1. The van der Waals surface area contributed by atoms with Crippen LogP contribution >= 0.6 is 0 Å². The Morgan fingerprint density at radius 2 is 1.59 bits per heavy atom. The molecule has 0 saturated carbocycles. The van der Waals surface area contributed by atoms with E-state index in [1.165, 1.54) is 18.2 Å². The SMILES string of the molecule is CN1/C(=C/C=C2\C=C([N+](=O)[O-])C=CC2=O)c2ccccc2-c2ccccc21. The second kappa shape index (κ2) is 6.53. The van der Waals surface area contributed by atoms with Gasteiger partial charge in [0.05, 0.1) is 4.92 Å². The Morgan fingerprint density at radius 3 is 2.33 bits per heavy atom. The number of carbonyl (C=O) groups is 1. The molecule has 2 aromatic rings. The molecular weight excluding hydrogens is 340 g/mol. The first-order valence-electron chi connectivity index (χ1n) is 8.49. The van der Waals surface area contributed by atoms with Gasteiger partial charge in [0.15, 0.2) is 5.78 Å². The van der Waals surface area contributed by atoms with Crippen molar-refractivity contribution in [3.05, 3.63) is 106 Å². The van der Waals surface area contributed by atoms with Crippen molar-refractivity contribution in [3.63, 3.8) is 0 Å². The second-order valence-electron chi connectivity index (χ2n) is 6.32. The van der Waals surface area contributed by atoms with Gasteiger partial charge in [0.25, 0.3) is 5.70 Å². The average molecular weight is 356 g/mol. The summed E-state index contributed by atoms with van der Waals surface area (Å²) >= 11 is 0.